The molecule has 0 radical (unpaired) electrons. The summed E-state index contributed by atoms with van der Waals surface area (Å²) in [5.74, 6) is -0.0899. The molecule has 0 spiro atoms. The van der Waals surface area contributed by atoms with Crippen LogP contribution in [0.1, 0.15) is 21.1 Å². The van der Waals surface area contributed by atoms with Crippen LogP contribution in [0.15, 0.2) is 41.3 Å². The first-order valence-electron chi connectivity index (χ1n) is 6.29. The van der Waals surface area contributed by atoms with Gasteiger partial charge in [0, 0.05) is 28.9 Å². The molecule has 0 aliphatic heterocycles. The molecule has 1 amide bonds. The molecule has 3 rings (SSSR count). The minimum atomic E-state index is -0.289. The highest BCUT2D eigenvalue weighted by molar-refractivity contribution is 7.15. The first kappa shape index (κ1) is 13.4. The van der Waals surface area contributed by atoms with Gasteiger partial charge in [-0.25, -0.2) is 4.98 Å². The van der Waals surface area contributed by atoms with E-state index in [1.165, 1.54) is 23.6 Å². The summed E-state index contributed by atoms with van der Waals surface area (Å²) in [6, 6.07) is 5.36. The molecule has 0 aliphatic carbocycles. The van der Waals surface area contributed by atoms with Gasteiger partial charge in [0.05, 0.1) is 18.4 Å². The zero-order valence-electron chi connectivity index (χ0n) is 11.2. The van der Waals surface area contributed by atoms with Crippen LogP contribution in [0.25, 0.3) is 10.6 Å². The molecule has 1 N–H and O–H groups in total. The number of aryl methyl sites for hydroxylation is 1. The van der Waals surface area contributed by atoms with Crippen LogP contribution in [0.3, 0.4) is 0 Å². The average molecular weight is 300 g/mol. The highest BCUT2D eigenvalue weighted by Gasteiger charge is 2.13. The highest BCUT2D eigenvalue weighted by Crippen LogP contribution is 2.27. The maximum Gasteiger partial charge on any atom is 0.290 e. The first-order chi connectivity index (χ1) is 10.2. The van der Waals surface area contributed by atoms with Crippen molar-refractivity contribution in [3.8, 4) is 10.6 Å². The number of amides is 1. The maximum atomic E-state index is 11.8. The monoisotopic (exact) mass is 300 g/mol. The van der Waals surface area contributed by atoms with E-state index in [2.05, 4.69) is 20.4 Å². The van der Waals surface area contributed by atoms with Crippen LogP contribution in [-0.2, 0) is 6.54 Å². The van der Waals surface area contributed by atoms with E-state index in [9.17, 15) is 4.79 Å². The van der Waals surface area contributed by atoms with Crippen molar-refractivity contribution in [2.45, 2.75) is 13.5 Å². The first-order valence-corrected chi connectivity index (χ1v) is 7.11. The third-order valence-corrected chi connectivity index (χ3v) is 4.08. The second kappa shape index (κ2) is 5.84. The Balaban J connectivity index is 1.72. The molecule has 3 aromatic rings. The number of aromatic nitrogens is 3. The lowest BCUT2D eigenvalue weighted by atomic mass is 10.3. The molecule has 21 heavy (non-hydrogen) atoms. The molecule has 0 saturated heterocycles. The van der Waals surface area contributed by atoms with Gasteiger partial charge in [0.25, 0.3) is 5.91 Å². The summed E-state index contributed by atoms with van der Waals surface area (Å²) < 4.78 is 4.81. The lowest BCUT2D eigenvalue weighted by Crippen LogP contribution is -2.22. The molecule has 106 valence electrons. The predicted octanol–water partition coefficient (Wildman–Crippen LogP) is 2.43. The Morgan fingerprint density at radius 1 is 1.38 bits per heavy atom. The average Bonchev–Trinajstić information content (AvgIpc) is 3.16. The summed E-state index contributed by atoms with van der Waals surface area (Å²) in [6.07, 6.45) is 4.94. The lowest BCUT2D eigenvalue weighted by molar-refractivity contribution is 0.0914. The molecule has 3 heterocycles. The number of carbonyl (C=O) groups excluding carboxylic acids is 1. The van der Waals surface area contributed by atoms with E-state index in [1.807, 2.05) is 19.1 Å². The molecule has 0 aliphatic rings. The minimum Gasteiger partial charge on any atom is -0.351 e. The van der Waals surface area contributed by atoms with E-state index in [0.717, 1.165) is 21.1 Å². The molecule has 7 heteroatoms. The zero-order valence-corrected chi connectivity index (χ0v) is 12.1. The number of hydrogen-bond acceptors (Lipinski definition) is 6. The molecule has 0 atom stereocenters. The van der Waals surface area contributed by atoms with Crippen LogP contribution in [0.5, 0.6) is 0 Å². The van der Waals surface area contributed by atoms with E-state index in [-0.39, 0.29) is 11.7 Å². The predicted molar refractivity (Wildman–Crippen MR) is 77.8 cm³/mol. The number of carbonyl (C=O) groups is 1. The Bertz CT molecular complexity index is 738. The van der Waals surface area contributed by atoms with Gasteiger partial charge in [-0.2, -0.15) is 0 Å². The van der Waals surface area contributed by atoms with Crippen molar-refractivity contribution in [2.75, 3.05) is 0 Å². The fourth-order valence-electron chi connectivity index (χ4n) is 1.79. The SMILES string of the molecule is Cc1nc(-c2cccnc2)sc1CNC(=O)c1ccno1. The summed E-state index contributed by atoms with van der Waals surface area (Å²) >= 11 is 1.54. The van der Waals surface area contributed by atoms with Gasteiger partial charge in [0.2, 0.25) is 5.76 Å². The maximum absolute atomic E-state index is 11.8. The Morgan fingerprint density at radius 3 is 3.00 bits per heavy atom. The van der Waals surface area contributed by atoms with Crippen LogP contribution in [0.2, 0.25) is 0 Å². The standard InChI is InChI=1S/C14H12N4O2S/c1-9-12(8-16-13(19)11-4-6-17-20-11)21-14(18-9)10-3-2-5-15-7-10/h2-7H,8H2,1H3,(H,16,19). The van der Waals surface area contributed by atoms with Crippen molar-refractivity contribution >= 4 is 17.2 Å². The van der Waals surface area contributed by atoms with Gasteiger partial charge in [0.15, 0.2) is 0 Å². The normalized spacial score (nSPS) is 10.5. The van der Waals surface area contributed by atoms with Gasteiger partial charge in [0.1, 0.15) is 5.01 Å². The number of thiazole rings is 1. The number of nitrogens with zero attached hydrogens (tertiary/aromatic N) is 3. The second-order valence-corrected chi connectivity index (χ2v) is 5.41. The van der Waals surface area contributed by atoms with Crippen LogP contribution < -0.4 is 5.32 Å². The summed E-state index contributed by atoms with van der Waals surface area (Å²) in [4.78, 5) is 21.4. The number of hydrogen-bond donors (Lipinski definition) is 1. The quantitative estimate of drug-likeness (QED) is 0.800. The molecule has 0 aromatic carbocycles. The third kappa shape index (κ3) is 2.97. The van der Waals surface area contributed by atoms with Crippen LogP contribution in [-0.4, -0.2) is 21.0 Å². The van der Waals surface area contributed by atoms with Gasteiger partial charge in [-0.1, -0.05) is 5.16 Å². The van der Waals surface area contributed by atoms with Crippen molar-refractivity contribution in [3.05, 3.63) is 53.1 Å². The highest BCUT2D eigenvalue weighted by atomic mass is 32.1. The Labute approximate surface area is 124 Å². The van der Waals surface area contributed by atoms with Crippen LogP contribution >= 0.6 is 11.3 Å². The summed E-state index contributed by atoms with van der Waals surface area (Å²) in [7, 11) is 0. The fraction of sp³-hybridized carbons (Fsp3) is 0.143. The van der Waals surface area contributed by atoms with E-state index >= 15 is 0 Å². The smallest absolute Gasteiger partial charge is 0.290 e. The van der Waals surface area contributed by atoms with Gasteiger partial charge in [-0.05, 0) is 19.1 Å². The van der Waals surface area contributed by atoms with E-state index in [4.69, 9.17) is 4.52 Å². The number of pyridine rings is 1. The van der Waals surface area contributed by atoms with Crippen LogP contribution in [0.4, 0.5) is 0 Å². The van der Waals surface area contributed by atoms with Crippen LogP contribution in [0, 0.1) is 6.92 Å². The summed E-state index contributed by atoms with van der Waals surface area (Å²) in [6.45, 7) is 2.33. The summed E-state index contributed by atoms with van der Waals surface area (Å²) in [5.41, 5.74) is 1.87. The molecule has 3 aromatic heterocycles. The topological polar surface area (TPSA) is 80.9 Å². The van der Waals surface area contributed by atoms with Gasteiger partial charge in [-0.15, -0.1) is 11.3 Å². The minimum absolute atomic E-state index is 0.199. The van der Waals surface area contributed by atoms with Crippen molar-refractivity contribution in [1.82, 2.24) is 20.4 Å². The zero-order chi connectivity index (χ0) is 14.7. The van der Waals surface area contributed by atoms with E-state index < -0.39 is 0 Å². The van der Waals surface area contributed by atoms with Crippen molar-refractivity contribution in [2.24, 2.45) is 0 Å². The molecule has 6 nitrogen and oxygen atoms in total. The molecule has 0 saturated carbocycles. The van der Waals surface area contributed by atoms with E-state index in [1.54, 1.807) is 12.4 Å². The third-order valence-electron chi connectivity index (χ3n) is 2.87. The van der Waals surface area contributed by atoms with E-state index in [0.29, 0.717) is 6.54 Å². The largest absolute Gasteiger partial charge is 0.351 e. The Morgan fingerprint density at radius 2 is 2.29 bits per heavy atom. The fourth-order valence-corrected chi connectivity index (χ4v) is 2.78. The van der Waals surface area contributed by atoms with Gasteiger partial charge >= 0.3 is 0 Å². The lowest BCUT2D eigenvalue weighted by Gasteiger charge is -2.00. The van der Waals surface area contributed by atoms with Crippen molar-refractivity contribution in [3.63, 3.8) is 0 Å². The molecular weight excluding hydrogens is 288 g/mol. The Hall–Kier alpha value is -2.54. The second-order valence-electron chi connectivity index (χ2n) is 4.33. The molecular formula is C14H12N4O2S. The van der Waals surface area contributed by atoms with Gasteiger partial charge in [-0.3, -0.25) is 9.78 Å². The number of nitrogens with one attached hydrogen (secondary N) is 1. The van der Waals surface area contributed by atoms with Crippen molar-refractivity contribution < 1.29 is 9.32 Å². The van der Waals surface area contributed by atoms with Gasteiger partial charge < -0.3 is 9.84 Å². The summed E-state index contributed by atoms with van der Waals surface area (Å²) in [5, 5.41) is 7.19. The van der Waals surface area contributed by atoms with Crippen molar-refractivity contribution in [1.29, 1.82) is 0 Å². The molecule has 0 unspecified atom stereocenters. The molecule has 0 bridgehead atoms. The Kier molecular flexibility index (Phi) is 3.74. The number of rotatable bonds is 4. The molecule has 0 fully saturated rings.